The van der Waals surface area contributed by atoms with E-state index in [4.69, 9.17) is 21.3 Å². The maximum Gasteiger partial charge on any atom is 0.130 e. The molecule has 0 aromatic carbocycles. The first-order valence-electron chi connectivity index (χ1n) is 8.86. The number of rotatable bonds is 3. The van der Waals surface area contributed by atoms with Gasteiger partial charge in [-0.25, -0.2) is 4.98 Å². The van der Waals surface area contributed by atoms with Crippen LogP contribution >= 0.6 is 22.9 Å². The molecule has 5 rings (SSSR count). The number of hydrogen-bond donors (Lipinski definition) is 0. The van der Waals surface area contributed by atoms with Crippen molar-refractivity contribution in [2.45, 2.75) is 0 Å². The SMILES string of the molecule is Clc1sccc1-c1cc(N2CCOCC2)nc2c(C3=CC=NC3)nccc12. The zero-order valence-electron chi connectivity index (χ0n) is 14.6. The van der Waals surface area contributed by atoms with Gasteiger partial charge in [0, 0.05) is 42.0 Å². The number of fused-ring (bicyclic) bond motifs is 1. The van der Waals surface area contributed by atoms with Crippen molar-refractivity contribution in [1.82, 2.24) is 9.97 Å². The van der Waals surface area contributed by atoms with Crippen LogP contribution in [0.5, 0.6) is 0 Å². The molecule has 5 heterocycles. The van der Waals surface area contributed by atoms with Gasteiger partial charge in [0.2, 0.25) is 0 Å². The molecule has 0 amide bonds. The molecule has 2 aliphatic rings. The third-order valence-electron chi connectivity index (χ3n) is 4.90. The van der Waals surface area contributed by atoms with Gasteiger partial charge in [0.25, 0.3) is 0 Å². The molecule has 1 fully saturated rings. The lowest BCUT2D eigenvalue weighted by Crippen LogP contribution is -2.36. The Morgan fingerprint density at radius 3 is 2.78 bits per heavy atom. The summed E-state index contributed by atoms with van der Waals surface area (Å²) in [7, 11) is 0. The van der Waals surface area contributed by atoms with Crippen molar-refractivity contribution in [2.24, 2.45) is 4.99 Å². The second-order valence-corrected chi connectivity index (χ2v) is 7.99. The summed E-state index contributed by atoms with van der Waals surface area (Å²) in [4.78, 5) is 16.2. The van der Waals surface area contributed by atoms with Crippen LogP contribution in [0.15, 0.2) is 40.8 Å². The van der Waals surface area contributed by atoms with E-state index in [2.05, 4.69) is 27.0 Å². The van der Waals surface area contributed by atoms with E-state index in [1.165, 1.54) is 0 Å². The van der Waals surface area contributed by atoms with Crippen LogP contribution in [-0.2, 0) is 4.74 Å². The van der Waals surface area contributed by atoms with Crippen molar-refractivity contribution in [3.05, 3.63) is 45.9 Å². The molecule has 0 bridgehead atoms. The summed E-state index contributed by atoms with van der Waals surface area (Å²) < 4.78 is 6.30. The average Bonchev–Trinajstić information content (AvgIpc) is 3.39. The molecule has 5 nitrogen and oxygen atoms in total. The topological polar surface area (TPSA) is 50.6 Å². The van der Waals surface area contributed by atoms with Gasteiger partial charge in [0.1, 0.15) is 10.2 Å². The molecule has 0 radical (unpaired) electrons. The predicted octanol–water partition coefficient (Wildman–Crippen LogP) is 4.32. The van der Waals surface area contributed by atoms with Crippen molar-refractivity contribution < 1.29 is 4.74 Å². The highest BCUT2D eigenvalue weighted by Crippen LogP contribution is 2.39. The Morgan fingerprint density at radius 2 is 2.04 bits per heavy atom. The lowest BCUT2D eigenvalue weighted by atomic mass is 10.0. The summed E-state index contributed by atoms with van der Waals surface area (Å²) in [6.45, 7) is 3.73. The lowest BCUT2D eigenvalue weighted by molar-refractivity contribution is 0.122. The Labute approximate surface area is 166 Å². The molecule has 0 N–H and O–H groups in total. The number of aliphatic imine (C=N–C) groups is 1. The van der Waals surface area contributed by atoms with Gasteiger partial charge in [-0.15, -0.1) is 11.3 Å². The van der Waals surface area contributed by atoms with Crippen molar-refractivity contribution in [3.63, 3.8) is 0 Å². The van der Waals surface area contributed by atoms with Gasteiger partial charge in [-0.1, -0.05) is 11.6 Å². The zero-order valence-corrected chi connectivity index (χ0v) is 16.1. The third-order valence-corrected chi connectivity index (χ3v) is 6.07. The summed E-state index contributed by atoms with van der Waals surface area (Å²) in [5.41, 5.74) is 5.02. The molecule has 0 saturated carbocycles. The lowest BCUT2D eigenvalue weighted by Gasteiger charge is -2.28. The van der Waals surface area contributed by atoms with E-state index >= 15 is 0 Å². The Hall–Kier alpha value is -2.28. The Balaban J connectivity index is 1.76. The van der Waals surface area contributed by atoms with Gasteiger partial charge in [0.05, 0.1) is 31.0 Å². The minimum atomic E-state index is 0.643. The van der Waals surface area contributed by atoms with E-state index in [9.17, 15) is 0 Å². The van der Waals surface area contributed by atoms with Gasteiger partial charge >= 0.3 is 0 Å². The molecule has 2 aliphatic heterocycles. The molecular formula is C20H17ClN4OS. The molecule has 27 heavy (non-hydrogen) atoms. The minimum absolute atomic E-state index is 0.643. The van der Waals surface area contributed by atoms with Crippen molar-refractivity contribution in [2.75, 3.05) is 37.7 Å². The number of aromatic nitrogens is 2. The largest absolute Gasteiger partial charge is 0.378 e. The summed E-state index contributed by atoms with van der Waals surface area (Å²) in [5, 5.41) is 3.08. The quantitative estimate of drug-likeness (QED) is 0.661. The first-order chi connectivity index (χ1) is 13.3. The van der Waals surface area contributed by atoms with E-state index in [0.29, 0.717) is 19.8 Å². The molecule has 0 unspecified atom stereocenters. The van der Waals surface area contributed by atoms with E-state index in [-0.39, 0.29) is 0 Å². The predicted molar refractivity (Wildman–Crippen MR) is 112 cm³/mol. The number of pyridine rings is 2. The number of morpholine rings is 1. The van der Waals surface area contributed by atoms with Crippen LogP contribution in [0, 0.1) is 0 Å². The van der Waals surface area contributed by atoms with Crippen LogP contribution in [-0.4, -0.2) is 49.0 Å². The molecule has 136 valence electrons. The fourth-order valence-electron chi connectivity index (χ4n) is 3.54. The van der Waals surface area contributed by atoms with Crippen LogP contribution in [0.25, 0.3) is 27.6 Å². The number of halogens is 1. The number of hydrogen-bond acceptors (Lipinski definition) is 6. The number of ether oxygens (including phenoxy) is 1. The Kier molecular flexibility index (Phi) is 4.39. The molecule has 0 aliphatic carbocycles. The van der Waals surface area contributed by atoms with Crippen molar-refractivity contribution in [3.8, 4) is 11.1 Å². The van der Waals surface area contributed by atoms with Gasteiger partial charge in [0.15, 0.2) is 0 Å². The first kappa shape index (κ1) is 16.9. The summed E-state index contributed by atoms with van der Waals surface area (Å²) >= 11 is 8.04. The molecule has 3 aromatic heterocycles. The normalized spacial score (nSPS) is 16.9. The number of allylic oxidation sites excluding steroid dienone is 1. The second-order valence-electron chi connectivity index (χ2n) is 6.47. The molecule has 0 spiro atoms. The van der Waals surface area contributed by atoms with Gasteiger partial charge in [-0.3, -0.25) is 9.98 Å². The Morgan fingerprint density at radius 1 is 1.15 bits per heavy atom. The van der Waals surface area contributed by atoms with E-state index in [1.807, 2.05) is 29.9 Å². The summed E-state index contributed by atoms with van der Waals surface area (Å²) in [6.07, 6.45) is 5.69. The van der Waals surface area contributed by atoms with Crippen LogP contribution in [0.1, 0.15) is 5.69 Å². The van der Waals surface area contributed by atoms with Gasteiger partial charge in [-0.05, 0) is 35.2 Å². The highest BCUT2D eigenvalue weighted by atomic mass is 35.5. The smallest absolute Gasteiger partial charge is 0.130 e. The number of thiophene rings is 1. The van der Waals surface area contributed by atoms with Crippen molar-refractivity contribution >= 4 is 51.4 Å². The third kappa shape index (κ3) is 3.04. The molecule has 3 aromatic rings. The van der Waals surface area contributed by atoms with E-state index in [1.54, 1.807) is 11.3 Å². The number of nitrogens with zero attached hydrogens (tertiary/aromatic N) is 4. The minimum Gasteiger partial charge on any atom is -0.378 e. The molecule has 1 saturated heterocycles. The maximum absolute atomic E-state index is 6.50. The molecule has 0 atom stereocenters. The molecular weight excluding hydrogens is 380 g/mol. The number of anilines is 1. The van der Waals surface area contributed by atoms with Crippen LogP contribution in [0.3, 0.4) is 0 Å². The second kappa shape index (κ2) is 7.03. The highest BCUT2D eigenvalue weighted by molar-refractivity contribution is 7.15. The van der Waals surface area contributed by atoms with Gasteiger partial charge < -0.3 is 9.64 Å². The molecule has 7 heteroatoms. The highest BCUT2D eigenvalue weighted by Gasteiger charge is 2.20. The standard InChI is InChI=1S/C20H17ClN4OS/c21-20-15(3-10-27-20)16-11-17(25-6-8-26-9-7-25)24-19-14(16)2-5-23-18(19)13-1-4-22-12-13/h1-5,10-11H,6-9,12H2. The first-order valence-corrected chi connectivity index (χ1v) is 10.1. The van der Waals surface area contributed by atoms with Crippen molar-refractivity contribution in [1.29, 1.82) is 0 Å². The van der Waals surface area contributed by atoms with Crippen LogP contribution in [0.4, 0.5) is 5.82 Å². The summed E-state index contributed by atoms with van der Waals surface area (Å²) in [5.74, 6) is 0.942. The fourth-order valence-corrected chi connectivity index (χ4v) is 4.48. The Bertz CT molecular complexity index is 1070. The van der Waals surface area contributed by atoms with E-state index < -0.39 is 0 Å². The monoisotopic (exact) mass is 396 g/mol. The van der Waals surface area contributed by atoms with Crippen LogP contribution in [0.2, 0.25) is 4.34 Å². The fraction of sp³-hybridized carbons (Fsp3) is 0.250. The van der Waals surface area contributed by atoms with Crippen LogP contribution < -0.4 is 4.90 Å². The van der Waals surface area contributed by atoms with Gasteiger partial charge in [-0.2, -0.15) is 0 Å². The maximum atomic E-state index is 6.50. The zero-order chi connectivity index (χ0) is 18.2. The summed E-state index contributed by atoms with van der Waals surface area (Å²) in [6, 6.07) is 6.24. The average molecular weight is 397 g/mol. The van der Waals surface area contributed by atoms with E-state index in [0.717, 1.165) is 56.5 Å².